The van der Waals surface area contributed by atoms with E-state index >= 15 is 0 Å². The van der Waals surface area contributed by atoms with Crippen LogP contribution in [0.5, 0.6) is 11.5 Å². The molecule has 8 heteroatoms. The number of carboxylic acid groups (broad SMARTS) is 1. The van der Waals surface area contributed by atoms with Crippen molar-refractivity contribution in [2.24, 2.45) is 7.05 Å². The first-order valence-corrected chi connectivity index (χ1v) is 9.11. The number of benzene rings is 2. The monoisotopic (exact) mass is 402 g/mol. The molecule has 7 nitrogen and oxygen atoms in total. The molecule has 0 fully saturated rings. The molecule has 0 saturated carbocycles. The van der Waals surface area contributed by atoms with Crippen molar-refractivity contribution >= 4 is 27.9 Å². The van der Waals surface area contributed by atoms with E-state index in [1.807, 2.05) is 13.1 Å². The van der Waals surface area contributed by atoms with Gasteiger partial charge in [0.2, 0.25) is 0 Å². The lowest BCUT2D eigenvalue weighted by Gasteiger charge is -2.05. The number of carboxylic acids is 1. The molecule has 0 bridgehead atoms. The minimum Gasteiger partial charge on any atom is -0.478 e. The number of pyridine rings is 1. The van der Waals surface area contributed by atoms with Gasteiger partial charge >= 0.3 is 5.97 Å². The van der Waals surface area contributed by atoms with E-state index < -0.39 is 5.97 Å². The number of carbonyl (C=O) groups is 1. The van der Waals surface area contributed by atoms with Crippen molar-refractivity contribution in [2.75, 3.05) is 0 Å². The van der Waals surface area contributed by atoms with Crippen LogP contribution >= 0.6 is 0 Å². The number of aromatic nitrogens is 4. The number of nitrogens with one attached hydrogen (secondary N) is 1. The molecule has 0 amide bonds. The summed E-state index contributed by atoms with van der Waals surface area (Å²) in [4.78, 5) is 18.9. The molecule has 0 aliphatic heterocycles. The molecule has 0 unspecified atom stereocenters. The molecule has 0 radical (unpaired) electrons. The van der Waals surface area contributed by atoms with Crippen molar-refractivity contribution in [2.45, 2.75) is 0 Å². The molecular formula is C22H15FN4O3. The summed E-state index contributed by atoms with van der Waals surface area (Å²) in [6.07, 6.45) is 1.48. The molecular weight excluding hydrogens is 387 g/mol. The average molecular weight is 402 g/mol. The molecule has 2 N–H and O–H groups in total. The highest BCUT2D eigenvalue weighted by atomic mass is 19.1. The fourth-order valence-corrected chi connectivity index (χ4v) is 3.53. The molecule has 0 saturated heterocycles. The van der Waals surface area contributed by atoms with E-state index in [2.05, 4.69) is 15.1 Å². The van der Waals surface area contributed by atoms with Crippen LogP contribution in [0.2, 0.25) is 0 Å². The van der Waals surface area contributed by atoms with Crippen molar-refractivity contribution in [1.82, 2.24) is 19.7 Å². The molecule has 3 aromatic heterocycles. The maximum absolute atomic E-state index is 13.1. The standard InChI is InChI=1S/C22H15FN4O3/c1-27-21(19-11-18-20(25-19)16(22(28)29)8-9-24-18)15-7-6-14(10-17(15)26-27)30-13-4-2-12(23)3-5-13/h2-11,25H,1H3,(H,28,29). The summed E-state index contributed by atoms with van der Waals surface area (Å²) in [5.41, 5.74) is 3.40. The highest BCUT2D eigenvalue weighted by molar-refractivity contribution is 6.03. The summed E-state index contributed by atoms with van der Waals surface area (Å²) in [5.74, 6) is -0.251. The third-order valence-electron chi connectivity index (χ3n) is 4.86. The van der Waals surface area contributed by atoms with Gasteiger partial charge in [0.15, 0.2) is 0 Å². The van der Waals surface area contributed by atoms with E-state index in [9.17, 15) is 14.3 Å². The van der Waals surface area contributed by atoms with Gasteiger partial charge in [0.05, 0.1) is 33.5 Å². The zero-order valence-corrected chi connectivity index (χ0v) is 15.8. The smallest absolute Gasteiger partial charge is 0.337 e. The summed E-state index contributed by atoms with van der Waals surface area (Å²) in [6, 6.07) is 14.5. The van der Waals surface area contributed by atoms with Gasteiger partial charge in [0, 0.05) is 24.7 Å². The van der Waals surface area contributed by atoms with Crippen molar-refractivity contribution in [1.29, 1.82) is 0 Å². The van der Waals surface area contributed by atoms with Crippen LogP contribution < -0.4 is 4.74 Å². The number of halogens is 1. The number of hydrogen-bond acceptors (Lipinski definition) is 4. The molecule has 0 atom stereocenters. The number of H-pyrrole nitrogens is 1. The Balaban J connectivity index is 1.58. The zero-order valence-electron chi connectivity index (χ0n) is 15.8. The lowest BCUT2D eigenvalue weighted by atomic mass is 10.1. The highest BCUT2D eigenvalue weighted by Gasteiger charge is 2.17. The summed E-state index contributed by atoms with van der Waals surface area (Å²) in [5, 5.41) is 14.8. The van der Waals surface area contributed by atoms with E-state index in [4.69, 9.17) is 4.74 Å². The maximum Gasteiger partial charge on any atom is 0.337 e. The van der Waals surface area contributed by atoms with Gasteiger partial charge in [-0.05, 0) is 48.5 Å². The second-order valence-electron chi connectivity index (χ2n) is 6.81. The van der Waals surface area contributed by atoms with Crippen LogP contribution in [0.4, 0.5) is 4.39 Å². The third kappa shape index (κ3) is 2.95. The number of rotatable bonds is 4. The quantitative estimate of drug-likeness (QED) is 0.453. The largest absolute Gasteiger partial charge is 0.478 e. The molecule has 2 aromatic carbocycles. The molecule has 5 aromatic rings. The minimum absolute atomic E-state index is 0.160. The second kappa shape index (κ2) is 6.70. The Morgan fingerprint density at radius 2 is 1.83 bits per heavy atom. The summed E-state index contributed by atoms with van der Waals surface area (Å²) >= 11 is 0. The number of aromatic amines is 1. The van der Waals surface area contributed by atoms with Gasteiger partial charge in [-0.2, -0.15) is 5.10 Å². The topological polar surface area (TPSA) is 93.0 Å². The number of aryl methyl sites for hydroxylation is 1. The van der Waals surface area contributed by atoms with Crippen LogP contribution in [-0.4, -0.2) is 30.8 Å². The Bertz CT molecular complexity index is 1420. The zero-order chi connectivity index (χ0) is 20.8. The number of aromatic carboxylic acids is 1. The number of fused-ring (bicyclic) bond motifs is 2. The van der Waals surface area contributed by atoms with Crippen LogP contribution in [0, 0.1) is 5.82 Å². The normalized spacial score (nSPS) is 11.3. The Hall–Kier alpha value is -4.20. The van der Waals surface area contributed by atoms with E-state index in [-0.39, 0.29) is 11.4 Å². The fourth-order valence-electron chi connectivity index (χ4n) is 3.53. The summed E-state index contributed by atoms with van der Waals surface area (Å²) in [6.45, 7) is 0. The van der Waals surface area contributed by atoms with Crippen LogP contribution in [0.3, 0.4) is 0 Å². The molecule has 5 rings (SSSR count). The van der Waals surface area contributed by atoms with Crippen LogP contribution in [0.25, 0.3) is 33.3 Å². The predicted molar refractivity (Wildman–Crippen MR) is 109 cm³/mol. The van der Waals surface area contributed by atoms with E-state index in [0.717, 1.165) is 11.1 Å². The Labute approximate surface area is 169 Å². The Morgan fingerprint density at radius 1 is 1.07 bits per heavy atom. The first kappa shape index (κ1) is 17.9. The average Bonchev–Trinajstić information content (AvgIpc) is 3.28. The lowest BCUT2D eigenvalue weighted by molar-refractivity contribution is 0.0698. The fraction of sp³-hybridized carbons (Fsp3) is 0.0455. The highest BCUT2D eigenvalue weighted by Crippen LogP contribution is 2.33. The van der Waals surface area contributed by atoms with Crippen molar-refractivity contribution in [3.8, 4) is 22.9 Å². The number of hydrogen-bond donors (Lipinski definition) is 2. The van der Waals surface area contributed by atoms with Gasteiger partial charge in [0.1, 0.15) is 17.3 Å². The van der Waals surface area contributed by atoms with Gasteiger partial charge in [-0.1, -0.05) is 0 Å². The molecule has 148 valence electrons. The first-order chi connectivity index (χ1) is 14.5. The Kier molecular flexibility index (Phi) is 3.99. The lowest BCUT2D eigenvalue weighted by Crippen LogP contribution is -1.98. The van der Waals surface area contributed by atoms with Crippen LogP contribution in [0.15, 0.2) is 60.8 Å². The number of nitrogens with zero attached hydrogens (tertiary/aromatic N) is 3. The van der Waals surface area contributed by atoms with Crippen molar-refractivity contribution in [3.05, 3.63) is 72.2 Å². The first-order valence-electron chi connectivity index (χ1n) is 9.11. The van der Waals surface area contributed by atoms with Crippen LogP contribution in [0.1, 0.15) is 10.4 Å². The molecule has 0 spiro atoms. The van der Waals surface area contributed by atoms with Crippen LogP contribution in [-0.2, 0) is 7.05 Å². The van der Waals surface area contributed by atoms with Crippen molar-refractivity contribution in [3.63, 3.8) is 0 Å². The van der Waals surface area contributed by atoms with Gasteiger partial charge in [-0.25, -0.2) is 9.18 Å². The van der Waals surface area contributed by atoms with E-state index in [1.165, 1.54) is 24.4 Å². The Morgan fingerprint density at radius 3 is 2.60 bits per heavy atom. The third-order valence-corrected chi connectivity index (χ3v) is 4.86. The van der Waals surface area contributed by atoms with Gasteiger partial charge in [-0.3, -0.25) is 9.67 Å². The van der Waals surface area contributed by atoms with Gasteiger partial charge < -0.3 is 14.8 Å². The maximum atomic E-state index is 13.1. The van der Waals surface area contributed by atoms with E-state index in [1.54, 1.807) is 35.0 Å². The molecule has 30 heavy (non-hydrogen) atoms. The van der Waals surface area contributed by atoms with E-state index in [0.29, 0.717) is 33.7 Å². The summed E-state index contributed by atoms with van der Waals surface area (Å²) in [7, 11) is 1.81. The summed E-state index contributed by atoms with van der Waals surface area (Å²) < 4.78 is 20.6. The second-order valence-corrected chi connectivity index (χ2v) is 6.81. The molecule has 0 aliphatic rings. The predicted octanol–water partition coefficient (Wildman–Crippen LogP) is 4.75. The van der Waals surface area contributed by atoms with Crippen molar-refractivity contribution < 1.29 is 19.0 Å². The SMILES string of the molecule is Cn1nc2cc(Oc3ccc(F)cc3)ccc2c1-c1cc2nccc(C(=O)O)c2[nH]1. The van der Waals surface area contributed by atoms with Gasteiger partial charge in [0.25, 0.3) is 0 Å². The molecule has 3 heterocycles. The molecule has 0 aliphatic carbocycles. The van der Waals surface area contributed by atoms with Gasteiger partial charge in [-0.15, -0.1) is 0 Å². The number of ether oxygens (including phenoxy) is 1. The minimum atomic E-state index is -1.02.